The van der Waals surface area contributed by atoms with E-state index in [9.17, 15) is 48.3 Å². The van der Waals surface area contributed by atoms with E-state index in [-0.39, 0.29) is 69.4 Å². The molecule has 0 bridgehead atoms. The molecular weight excluding hydrogens is 1030 g/mol. The number of nitrogens with one attached hydrogen (secondary N) is 3. The summed E-state index contributed by atoms with van der Waals surface area (Å²) < 4.78 is 11.1. The number of cyclic esters (lactones) is 1. The van der Waals surface area contributed by atoms with Crippen molar-refractivity contribution >= 4 is 64.5 Å². The van der Waals surface area contributed by atoms with Crippen LogP contribution in [0.2, 0.25) is 0 Å². The third-order valence-electron chi connectivity index (χ3n) is 16.0. The molecule has 2 unspecified atom stereocenters. The van der Waals surface area contributed by atoms with Gasteiger partial charge in [-0.1, -0.05) is 80.9 Å². The van der Waals surface area contributed by atoms with Crippen molar-refractivity contribution in [2.24, 2.45) is 35.5 Å². The Morgan fingerprint density at radius 1 is 0.863 bits per heavy atom. The van der Waals surface area contributed by atoms with Crippen LogP contribution in [0.1, 0.15) is 140 Å². The molecule has 3 fully saturated rings. The number of likely N-dealkylation sites (tertiary alicyclic amines) is 1. The summed E-state index contributed by atoms with van der Waals surface area (Å²) in [5.74, 6) is -10.8. The number of carbonyl (C=O) groups excluding carboxylic acids is 11. The van der Waals surface area contributed by atoms with E-state index in [1.165, 1.54) is 35.8 Å². The quantitative estimate of drug-likeness (QED) is 0.112. The summed E-state index contributed by atoms with van der Waals surface area (Å²) in [4.78, 5) is 161. The number of benzene rings is 1. The lowest BCUT2D eigenvalue weighted by Gasteiger charge is -2.36. The van der Waals surface area contributed by atoms with E-state index in [0.29, 0.717) is 37.0 Å². The van der Waals surface area contributed by atoms with Crippen LogP contribution >= 0.6 is 0 Å². The first-order valence-corrected chi connectivity index (χ1v) is 28.6. The number of ketones is 4. The largest absolute Gasteiger partial charge is 0.497 e. The number of Topliss-reactive ketones (excluding diaryl/α,β-unsaturated/α-hetero) is 4. The van der Waals surface area contributed by atoms with Gasteiger partial charge in [0.05, 0.1) is 50.2 Å². The molecule has 21 heteroatoms. The monoisotopic (exact) mass is 1120 g/mol. The Labute approximate surface area is 472 Å². The predicted octanol–water partition coefficient (Wildman–Crippen LogP) is 3.23. The lowest BCUT2D eigenvalue weighted by Crippen LogP contribution is -2.60. The maximum Gasteiger partial charge on any atom is 0.309 e. The third-order valence-corrected chi connectivity index (χ3v) is 16.0. The Hall–Kier alpha value is -6.09. The molecule has 0 spiro atoms. The van der Waals surface area contributed by atoms with Gasteiger partial charge < -0.3 is 45.2 Å². The minimum atomic E-state index is -1.62. The number of carbonyl (C=O) groups is 11. The minimum absolute atomic E-state index is 0.0962. The third kappa shape index (κ3) is 17.5. The number of hydrogen-bond donors (Lipinski definition) is 4. The Morgan fingerprint density at radius 2 is 1.50 bits per heavy atom. The van der Waals surface area contributed by atoms with Crippen LogP contribution in [0.4, 0.5) is 0 Å². The first-order valence-electron chi connectivity index (χ1n) is 28.6. The van der Waals surface area contributed by atoms with Gasteiger partial charge in [0, 0.05) is 33.5 Å². The van der Waals surface area contributed by atoms with Crippen LogP contribution in [0, 0.1) is 35.5 Å². The molecule has 21 nitrogen and oxygen atoms in total. The highest BCUT2D eigenvalue weighted by Gasteiger charge is 2.44. The van der Waals surface area contributed by atoms with Crippen LogP contribution in [0.25, 0.3) is 0 Å². The molecule has 0 aliphatic carbocycles. The molecule has 80 heavy (non-hydrogen) atoms. The van der Waals surface area contributed by atoms with Crippen molar-refractivity contribution in [2.75, 3.05) is 40.8 Å². The minimum Gasteiger partial charge on any atom is -0.497 e. The second-order valence-corrected chi connectivity index (χ2v) is 23.7. The fraction of sp³-hybridized carbons (Fsp3) is 0.712. The van der Waals surface area contributed by atoms with Crippen LogP contribution in [-0.2, 0) is 63.9 Å². The van der Waals surface area contributed by atoms with Gasteiger partial charge in [0.15, 0.2) is 23.5 Å². The van der Waals surface area contributed by atoms with Crippen molar-refractivity contribution < 1.29 is 67.3 Å². The molecule has 1 aromatic rings. The number of methoxy groups -OCH3 is 1. The molecular formula is C59H91N7O14. The topological polar surface area (TPSA) is 276 Å². The molecule has 12 atom stereocenters. The second-order valence-electron chi connectivity index (χ2n) is 23.7. The standard InChI is InChI=1S/C59H91N7O14/c1-15-35(8)50-47(69)30-49(71)80-53(34(6)7)52(72)37(10)54(73)60-41(26-32(2)3)58(77)65-24-16-18-42(65)48(70)31-63(12)44(29-39-20-22-40(79-14)23-21-39)46(68)28-36(9)51(56(75)61-50)62-55(74)45(27-33(4)5)64(13)59(78)43-19-17-25-66(43)57(76)38(11)67/h20-23,32-37,41-45,47,50-51,53,69H,15-19,24-31H2,1-14H3,(H,60,73)(H,61,75)(H,62,74)/t35?,36-,37-,41-,42-,43-,44-,45+,47-,50?,51+,53-/m0/s1. The van der Waals surface area contributed by atoms with Crippen LogP contribution < -0.4 is 20.7 Å². The number of nitrogens with zero attached hydrogens (tertiary/aromatic N) is 4. The number of hydrogen-bond acceptors (Lipinski definition) is 15. The van der Waals surface area contributed by atoms with Crippen molar-refractivity contribution in [1.82, 2.24) is 35.6 Å². The molecule has 3 saturated heterocycles. The number of fused-ring (bicyclic) bond motifs is 1. The summed E-state index contributed by atoms with van der Waals surface area (Å²) in [5.41, 5.74) is 0.711. The van der Waals surface area contributed by atoms with Gasteiger partial charge in [0.2, 0.25) is 35.3 Å². The lowest BCUT2D eigenvalue weighted by atomic mass is 9.88. The van der Waals surface area contributed by atoms with Crippen molar-refractivity contribution in [2.45, 2.75) is 195 Å². The highest BCUT2D eigenvalue weighted by atomic mass is 16.5. The van der Waals surface area contributed by atoms with Gasteiger partial charge >= 0.3 is 5.97 Å². The zero-order valence-corrected chi connectivity index (χ0v) is 49.7. The highest BCUT2D eigenvalue weighted by molar-refractivity contribution is 6.35. The predicted molar refractivity (Wildman–Crippen MR) is 297 cm³/mol. The molecule has 3 heterocycles. The summed E-state index contributed by atoms with van der Waals surface area (Å²) in [6.45, 7) is 18.4. The average molecular weight is 1120 g/mol. The molecule has 0 aromatic heterocycles. The summed E-state index contributed by atoms with van der Waals surface area (Å²) in [6.07, 6.45) is -1.83. The van der Waals surface area contributed by atoms with Gasteiger partial charge in [-0.05, 0) is 106 Å². The number of likely N-dealkylation sites (N-methyl/N-ethyl adjacent to an activating group) is 2. The Balaban J connectivity index is 1.86. The first kappa shape index (κ1) is 66.4. The number of aliphatic hydroxyl groups excluding tert-OH is 1. The lowest BCUT2D eigenvalue weighted by molar-refractivity contribution is -0.162. The van der Waals surface area contributed by atoms with Crippen LogP contribution in [0.15, 0.2) is 24.3 Å². The van der Waals surface area contributed by atoms with Gasteiger partial charge in [0.25, 0.3) is 5.91 Å². The molecule has 4 N–H and O–H groups in total. The molecule has 0 saturated carbocycles. The molecule has 0 radical (unpaired) electrons. The van der Waals surface area contributed by atoms with Gasteiger partial charge in [-0.2, -0.15) is 0 Å². The first-order chi connectivity index (χ1) is 37.5. The van der Waals surface area contributed by atoms with Crippen molar-refractivity contribution in [3.63, 3.8) is 0 Å². The molecule has 3 aliphatic rings. The van der Waals surface area contributed by atoms with E-state index < -0.39 is 143 Å². The fourth-order valence-electron chi connectivity index (χ4n) is 11.1. The summed E-state index contributed by atoms with van der Waals surface area (Å²) in [6, 6.07) is -0.898. The molecule has 4 rings (SSSR count). The van der Waals surface area contributed by atoms with E-state index in [1.54, 1.807) is 70.8 Å². The number of esters is 1. The Morgan fingerprint density at radius 3 is 2.08 bits per heavy atom. The van der Waals surface area contributed by atoms with E-state index in [2.05, 4.69) is 16.0 Å². The SMILES string of the molecule is CCC(C)C1NC(=O)[C@H](NC(=O)[C@@H](CC(C)C)N(C)C(=O)[C@@H]2CCCN2C(=O)C(C)=O)[C@@H](C)CC(=O)[C@H](Cc2ccc(OC)cc2)N(C)CC(=O)[C@@H]2CCCN2C(=O)[C@H](CC(C)C)NC(=O)[C@@H](C)C(=O)[C@H](C(C)C)OC(=O)C[C@@H]1O. The highest BCUT2D eigenvalue weighted by Crippen LogP contribution is 2.27. The fourth-order valence-corrected chi connectivity index (χ4v) is 11.1. The average Bonchev–Trinajstić information content (AvgIpc) is 4.12. The molecule has 1 aromatic carbocycles. The van der Waals surface area contributed by atoms with E-state index in [1.807, 2.05) is 27.7 Å². The Kier molecular flexibility index (Phi) is 25.0. The van der Waals surface area contributed by atoms with Gasteiger partial charge in [-0.25, -0.2) is 0 Å². The molecule has 3 aliphatic heterocycles. The zero-order chi connectivity index (χ0) is 60.0. The van der Waals surface area contributed by atoms with Gasteiger partial charge in [-0.15, -0.1) is 0 Å². The summed E-state index contributed by atoms with van der Waals surface area (Å²) in [7, 11) is 4.57. The van der Waals surface area contributed by atoms with Crippen LogP contribution in [0.5, 0.6) is 5.75 Å². The maximum absolute atomic E-state index is 15.1. The maximum atomic E-state index is 15.1. The number of ether oxygens (including phenoxy) is 2. The van der Waals surface area contributed by atoms with Crippen molar-refractivity contribution in [1.29, 1.82) is 0 Å². The summed E-state index contributed by atoms with van der Waals surface area (Å²) >= 11 is 0. The molecule has 446 valence electrons. The van der Waals surface area contributed by atoms with E-state index in [4.69, 9.17) is 9.47 Å². The van der Waals surface area contributed by atoms with E-state index in [0.717, 1.165) is 6.92 Å². The van der Waals surface area contributed by atoms with Crippen LogP contribution in [0.3, 0.4) is 0 Å². The molecule has 6 amide bonds. The number of amides is 6. The van der Waals surface area contributed by atoms with Crippen LogP contribution in [-0.4, -0.2) is 185 Å². The smallest absolute Gasteiger partial charge is 0.309 e. The number of rotatable bonds is 15. The van der Waals surface area contributed by atoms with Crippen molar-refractivity contribution in [3.8, 4) is 5.75 Å². The van der Waals surface area contributed by atoms with Gasteiger partial charge in [0.1, 0.15) is 29.9 Å². The Bertz CT molecular complexity index is 2390. The summed E-state index contributed by atoms with van der Waals surface area (Å²) in [5, 5.41) is 20.4. The normalized spacial score (nSPS) is 27.5. The second kappa shape index (κ2) is 30.1. The van der Waals surface area contributed by atoms with Crippen molar-refractivity contribution in [3.05, 3.63) is 29.8 Å². The number of aliphatic hydroxyl groups is 1. The van der Waals surface area contributed by atoms with E-state index >= 15 is 9.59 Å². The zero-order valence-electron chi connectivity index (χ0n) is 49.7. The van der Waals surface area contributed by atoms with Gasteiger partial charge in [-0.3, -0.25) is 57.6 Å².